The minimum Gasteiger partial charge on any atom is -0.478 e. The summed E-state index contributed by atoms with van der Waals surface area (Å²) in [6, 6.07) is 7.52. The number of fused-ring (bicyclic) bond motifs is 2. The Kier molecular flexibility index (Phi) is 6.06. The van der Waals surface area contributed by atoms with Crippen molar-refractivity contribution in [1.29, 1.82) is 0 Å². The molecular formula is C29H27F2N5O3. The summed E-state index contributed by atoms with van der Waals surface area (Å²) in [5, 5.41) is 13.2. The van der Waals surface area contributed by atoms with Crippen LogP contribution in [0, 0.1) is 11.6 Å². The molecule has 2 aliphatic rings. The van der Waals surface area contributed by atoms with Gasteiger partial charge in [0.05, 0.1) is 11.3 Å². The van der Waals surface area contributed by atoms with Gasteiger partial charge < -0.3 is 15.0 Å². The van der Waals surface area contributed by atoms with Crippen LogP contribution in [0.4, 0.5) is 14.5 Å². The molecule has 8 nitrogen and oxygen atoms in total. The molecule has 1 atom stereocenters. The average molecular weight is 532 g/mol. The number of aromatic nitrogens is 3. The minimum atomic E-state index is -1.37. The van der Waals surface area contributed by atoms with Gasteiger partial charge in [0, 0.05) is 73.0 Å². The lowest BCUT2D eigenvalue weighted by atomic mass is 9.96. The standard InChI is InChI=1S/C29H27F2N5O3/c1-16(35-10-5-17(6-11-35)26-21(30)13-18(29(38)39)14-22(26)31)25-15-20-24(4-9-33-27(20)34(25)2)36-12-7-23-19(28(36)37)3-8-32-23/h4-5,7,9,12-16,32H,3,6,8,10-11H2,1-2H3,(H,38,39)/t16-/m0/s1. The molecule has 5 heterocycles. The van der Waals surface area contributed by atoms with Crippen molar-refractivity contribution in [2.24, 2.45) is 7.05 Å². The second-order valence-corrected chi connectivity index (χ2v) is 10.0. The van der Waals surface area contributed by atoms with Crippen LogP contribution in [-0.4, -0.2) is 49.7 Å². The maximum absolute atomic E-state index is 14.6. The molecule has 0 saturated heterocycles. The van der Waals surface area contributed by atoms with E-state index in [1.165, 1.54) is 0 Å². The number of nitrogens with zero attached hydrogens (tertiary/aromatic N) is 4. The van der Waals surface area contributed by atoms with Crippen molar-refractivity contribution in [3.63, 3.8) is 0 Å². The third kappa shape index (κ3) is 4.11. The number of anilines is 1. The number of benzene rings is 1. The fraction of sp³-hybridized carbons (Fsp3) is 0.276. The van der Waals surface area contributed by atoms with Crippen molar-refractivity contribution in [2.45, 2.75) is 25.8 Å². The van der Waals surface area contributed by atoms with Crippen LogP contribution in [0.1, 0.15) is 46.6 Å². The van der Waals surface area contributed by atoms with Crippen molar-refractivity contribution in [1.82, 2.24) is 19.0 Å². The van der Waals surface area contributed by atoms with Crippen LogP contribution in [0.3, 0.4) is 0 Å². The summed E-state index contributed by atoms with van der Waals surface area (Å²) < 4.78 is 33.0. The van der Waals surface area contributed by atoms with E-state index in [0.29, 0.717) is 31.5 Å². The van der Waals surface area contributed by atoms with Gasteiger partial charge in [-0.3, -0.25) is 14.3 Å². The van der Waals surface area contributed by atoms with Crippen molar-refractivity contribution in [3.8, 4) is 5.69 Å². The van der Waals surface area contributed by atoms with Gasteiger partial charge in [0.2, 0.25) is 0 Å². The van der Waals surface area contributed by atoms with E-state index in [2.05, 4.69) is 28.2 Å². The highest BCUT2D eigenvalue weighted by atomic mass is 19.1. The Bertz CT molecular complexity index is 1720. The van der Waals surface area contributed by atoms with E-state index in [9.17, 15) is 18.4 Å². The smallest absolute Gasteiger partial charge is 0.335 e. The van der Waals surface area contributed by atoms with Crippen LogP contribution in [-0.2, 0) is 13.5 Å². The zero-order chi connectivity index (χ0) is 27.4. The number of aromatic carboxylic acids is 1. The lowest BCUT2D eigenvalue weighted by Crippen LogP contribution is -2.32. The summed E-state index contributed by atoms with van der Waals surface area (Å²) in [5.41, 5.74) is 4.11. The van der Waals surface area contributed by atoms with E-state index in [4.69, 9.17) is 5.11 Å². The van der Waals surface area contributed by atoms with E-state index in [0.717, 1.165) is 52.3 Å². The van der Waals surface area contributed by atoms with Crippen LogP contribution in [0.2, 0.25) is 0 Å². The molecule has 0 saturated carbocycles. The van der Waals surface area contributed by atoms with E-state index >= 15 is 0 Å². The van der Waals surface area contributed by atoms with E-state index in [-0.39, 0.29) is 17.2 Å². The van der Waals surface area contributed by atoms with Crippen molar-refractivity contribution < 1.29 is 18.7 Å². The number of carboxylic acid groups (broad SMARTS) is 1. The fourth-order valence-corrected chi connectivity index (χ4v) is 5.79. The third-order valence-corrected chi connectivity index (χ3v) is 7.91. The Hall–Kier alpha value is -4.31. The van der Waals surface area contributed by atoms with Crippen LogP contribution in [0.15, 0.2) is 53.6 Å². The second-order valence-electron chi connectivity index (χ2n) is 10.0. The second kappa shape index (κ2) is 9.46. The summed E-state index contributed by atoms with van der Waals surface area (Å²) >= 11 is 0. The Morgan fingerprint density at radius 2 is 1.92 bits per heavy atom. The molecular weight excluding hydrogens is 504 g/mol. The van der Waals surface area contributed by atoms with Gasteiger partial charge >= 0.3 is 5.97 Å². The van der Waals surface area contributed by atoms with Crippen molar-refractivity contribution >= 4 is 28.3 Å². The van der Waals surface area contributed by atoms with Crippen LogP contribution < -0.4 is 10.9 Å². The number of carbonyl (C=O) groups is 1. The quantitative estimate of drug-likeness (QED) is 0.394. The number of hydrogen-bond acceptors (Lipinski definition) is 5. The lowest BCUT2D eigenvalue weighted by molar-refractivity contribution is 0.0695. The van der Waals surface area contributed by atoms with Gasteiger partial charge in [-0.1, -0.05) is 6.08 Å². The SMILES string of the molecule is C[C@@H](c1cc2c(-n3ccc4c(c3=O)CCN4)ccnc2n1C)N1CC=C(c2c(F)cc(C(=O)O)cc2F)CC1. The molecule has 0 bridgehead atoms. The highest BCUT2D eigenvalue weighted by Crippen LogP contribution is 2.34. The number of hydrogen-bond donors (Lipinski definition) is 2. The van der Waals surface area contributed by atoms with Gasteiger partial charge in [0.15, 0.2) is 0 Å². The molecule has 0 unspecified atom stereocenters. The number of carboxylic acids is 1. The normalized spacial score (nSPS) is 16.2. The largest absolute Gasteiger partial charge is 0.478 e. The topological polar surface area (TPSA) is 92.4 Å². The Labute approximate surface area is 222 Å². The summed E-state index contributed by atoms with van der Waals surface area (Å²) in [6.45, 7) is 3.86. The summed E-state index contributed by atoms with van der Waals surface area (Å²) in [7, 11) is 1.94. The number of nitrogens with one attached hydrogen (secondary N) is 1. The average Bonchev–Trinajstić information content (AvgIpc) is 3.54. The first-order valence-corrected chi connectivity index (χ1v) is 12.8. The van der Waals surface area contributed by atoms with Gasteiger partial charge in [-0.2, -0.15) is 0 Å². The van der Waals surface area contributed by atoms with E-state index < -0.39 is 23.2 Å². The number of aryl methyl sites for hydroxylation is 1. The third-order valence-electron chi connectivity index (χ3n) is 7.91. The molecule has 1 aromatic carbocycles. The van der Waals surface area contributed by atoms with Gasteiger partial charge in [-0.15, -0.1) is 0 Å². The number of pyridine rings is 2. The van der Waals surface area contributed by atoms with Crippen LogP contribution >= 0.6 is 0 Å². The predicted molar refractivity (Wildman–Crippen MR) is 144 cm³/mol. The van der Waals surface area contributed by atoms with Gasteiger partial charge in [-0.25, -0.2) is 18.6 Å². The van der Waals surface area contributed by atoms with Crippen molar-refractivity contribution in [2.75, 3.05) is 25.0 Å². The molecule has 39 heavy (non-hydrogen) atoms. The molecule has 3 aromatic heterocycles. The van der Waals surface area contributed by atoms with Gasteiger partial charge in [0.1, 0.15) is 17.3 Å². The highest BCUT2D eigenvalue weighted by Gasteiger charge is 2.26. The molecule has 0 fully saturated rings. The minimum absolute atomic E-state index is 0.0343. The van der Waals surface area contributed by atoms with Crippen LogP contribution in [0.25, 0.3) is 22.3 Å². The Morgan fingerprint density at radius 1 is 1.15 bits per heavy atom. The Morgan fingerprint density at radius 3 is 2.62 bits per heavy atom. The van der Waals surface area contributed by atoms with Gasteiger partial charge in [0.25, 0.3) is 5.56 Å². The first-order valence-electron chi connectivity index (χ1n) is 12.8. The predicted octanol–water partition coefficient (Wildman–Crippen LogP) is 4.52. The fourth-order valence-electron chi connectivity index (χ4n) is 5.79. The molecule has 2 N–H and O–H groups in total. The number of halogens is 2. The molecule has 0 spiro atoms. The molecule has 10 heteroatoms. The Balaban J connectivity index is 1.31. The van der Waals surface area contributed by atoms with E-state index in [1.54, 1.807) is 23.0 Å². The van der Waals surface area contributed by atoms with Crippen molar-refractivity contribution in [3.05, 3.63) is 93.2 Å². The molecule has 4 aromatic rings. The van der Waals surface area contributed by atoms with Crippen LogP contribution in [0.5, 0.6) is 0 Å². The maximum Gasteiger partial charge on any atom is 0.335 e. The molecule has 6 rings (SSSR count). The zero-order valence-electron chi connectivity index (χ0n) is 21.5. The molecule has 0 radical (unpaired) electrons. The molecule has 0 amide bonds. The summed E-state index contributed by atoms with van der Waals surface area (Å²) in [4.78, 5) is 31.1. The molecule has 0 aliphatic carbocycles. The maximum atomic E-state index is 14.6. The van der Waals surface area contributed by atoms with Gasteiger partial charge in [-0.05, 0) is 55.7 Å². The lowest BCUT2D eigenvalue weighted by Gasteiger charge is -2.32. The first kappa shape index (κ1) is 25.0. The summed E-state index contributed by atoms with van der Waals surface area (Å²) in [6.07, 6.45) is 6.41. The number of rotatable bonds is 5. The molecule has 200 valence electrons. The van der Waals surface area contributed by atoms with E-state index in [1.807, 2.05) is 23.7 Å². The first-order chi connectivity index (χ1) is 18.7. The molecule has 2 aliphatic heterocycles. The monoisotopic (exact) mass is 531 g/mol. The highest BCUT2D eigenvalue weighted by molar-refractivity contribution is 5.88. The summed E-state index contributed by atoms with van der Waals surface area (Å²) in [5.74, 6) is -3.11. The zero-order valence-corrected chi connectivity index (χ0v) is 21.5.